The topological polar surface area (TPSA) is 92.2 Å². The van der Waals surface area contributed by atoms with E-state index in [1.807, 2.05) is 19.9 Å². The number of aromatic nitrogens is 1. The van der Waals surface area contributed by atoms with E-state index in [0.717, 1.165) is 16.5 Å². The van der Waals surface area contributed by atoms with E-state index in [1.165, 1.54) is 0 Å². The number of fused-ring (bicyclic) bond motifs is 1. The van der Waals surface area contributed by atoms with Crippen molar-refractivity contribution in [3.05, 3.63) is 93.6 Å². The first-order valence-electron chi connectivity index (χ1n) is 11.7. The minimum Gasteiger partial charge on any atom is -0.352 e. The summed E-state index contributed by atoms with van der Waals surface area (Å²) in [6.45, 7) is 3.92. The summed E-state index contributed by atoms with van der Waals surface area (Å²) in [6, 6.07) is 19.2. The minimum atomic E-state index is -0.378. The number of amides is 3. The van der Waals surface area contributed by atoms with Crippen LogP contribution in [-0.2, 0) is 18.4 Å². The van der Waals surface area contributed by atoms with Gasteiger partial charge in [0.25, 0.3) is 11.8 Å². The Bertz CT molecular complexity index is 1510. The predicted octanol–water partition coefficient (Wildman–Crippen LogP) is 6.26. The average molecular weight is 537 g/mol. The third-order valence-electron chi connectivity index (χ3n) is 5.88. The van der Waals surface area contributed by atoms with Gasteiger partial charge in [0, 0.05) is 46.8 Å². The molecule has 37 heavy (non-hydrogen) atoms. The fraction of sp³-hybridized carbons (Fsp3) is 0.179. The fourth-order valence-corrected chi connectivity index (χ4v) is 4.25. The van der Waals surface area contributed by atoms with Gasteiger partial charge in [-0.05, 0) is 60.2 Å². The summed E-state index contributed by atoms with van der Waals surface area (Å²) in [5, 5.41) is 10.2. The van der Waals surface area contributed by atoms with Crippen molar-refractivity contribution in [1.29, 1.82) is 0 Å². The summed E-state index contributed by atoms with van der Waals surface area (Å²) in [5.74, 6) is -0.861. The van der Waals surface area contributed by atoms with Gasteiger partial charge in [0.05, 0.1) is 10.6 Å². The molecule has 0 bridgehead atoms. The lowest BCUT2D eigenvalue weighted by atomic mass is 10.1. The van der Waals surface area contributed by atoms with Gasteiger partial charge in [-0.15, -0.1) is 0 Å². The number of halogens is 2. The van der Waals surface area contributed by atoms with Gasteiger partial charge < -0.3 is 20.5 Å². The van der Waals surface area contributed by atoms with Crippen LogP contribution in [0.2, 0.25) is 10.0 Å². The summed E-state index contributed by atoms with van der Waals surface area (Å²) in [6.07, 6.45) is 0. The van der Waals surface area contributed by atoms with E-state index in [2.05, 4.69) is 16.0 Å². The molecule has 3 aromatic carbocycles. The first kappa shape index (κ1) is 26.3. The molecule has 9 heteroatoms. The van der Waals surface area contributed by atoms with Crippen molar-refractivity contribution >= 4 is 63.2 Å². The second kappa shape index (κ2) is 11.1. The third-order valence-corrected chi connectivity index (χ3v) is 6.45. The molecule has 0 aliphatic heterocycles. The van der Waals surface area contributed by atoms with Gasteiger partial charge in [0.1, 0.15) is 5.69 Å². The molecule has 3 N–H and O–H groups in total. The summed E-state index contributed by atoms with van der Waals surface area (Å²) >= 11 is 12.3. The number of hydrogen-bond donors (Lipinski definition) is 3. The monoisotopic (exact) mass is 536 g/mol. The maximum absolute atomic E-state index is 13.0. The van der Waals surface area contributed by atoms with Gasteiger partial charge in [0.2, 0.25) is 5.91 Å². The Labute approximate surface area is 224 Å². The lowest BCUT2D eigenvalue weighted by Crippen LogP contribution is -2.27. The van der Waals surface area contributed by atoms with Crippen LogP contribution in [0.1, 0.15) is 40.3 Å². The van der Waals surface area contributed by atoms with Crippen molar-refractivity contribution in [2.75, 3.05) is 10.6 Å². The quantitative estimate of drug-likeness (QED) is 0.260. The Balaban J connectivity index is 1.51. The largest absolute Gasteiger partial charge is 0.352 e. The van der Waals surface area contributed by atoms with Crippen molar-refractivity contribution in [3.63, 3.8) is 0 Å². The molecule has 0 fully saturated rings. The molecule has 7 nitrogen and oxygen atoms in total. The molecular formula is C28H26Cl2N4O3. The number of nitrogens with one attached hydrogen (secondary N) is 3. The smallest absolute Gasteiger partial charge is 0.272 e. The number of benzene rings is 3. The molecule has 190 valence electrons. The van der Waals surface area contributed by atoms with E-state index in [4.69, 9.17) is 23.2 Å². The molecule has 0 saturated heterocycles. The number of anilines is 2. The normalized spacial score (nSPS) is 11.0. The highest BCUT2D eigenvalue weighted by molar-refractivity contribution is 6.34. The number of carbonyl (C=O) groups is 3. The minimum absolute atomic E-state index is 0.0715. The molecule has 0 atom stereocenters. The Morgan fingerprint density at radius 1 is 0.865 bits per heavy atom. The van der Waals surface area contributed by atoms with Gasteiger partial charge in [0.15, 0.2) is 0 Å². The standard InChI is InChI=1S/C28H26Cl2N4O3/c1-16(2)26(35)31-15-17-7-9-23(30)22(11-17)27(36)32-21-8-10-24-18(12-21)13-25(34(24)3)28(37)33-20-6-4-5-19(29)14-20/h4-14,16H,15H2,1-3H3,(H,31,35)(H,32,36)(H,33,37). The molecule has 1 aromatic heterocycles. The highest BCUT2D eigenvalue weighted by Gasteiger charge is 2.16. The van der Waals surface area contributed by atoms with E-state index < -0.39 is 0 Å². The molecular weight excluding hydrogens is 511 g/mol. The Morgan fingerprint density at radius 2 is 1.59 bits per heavy atom. The van der Waals surface area contributed by atoms with E-state index in [0.29, 0.717) is 39.2 Å². The van der Waals surface area contributed by atoms with Crippen molar-refractivity contribution in [3.8, 4) is 0 Å². The Hall–Kier alpha value is -3.81. The first-order chi connectivity index (χ1) is 17.6. The number of aryl methyl sites for hydroxylation is 1. The summed E-state index contributed by atoms with van der Waals surface area (Å²) in [5.41, 5.74) is 3.50. The second-order valence-electron chi connectivity index (χ2n) is 8.97. The molecule has 4 aromatic rings. The zero-order chi connectivity index (χ0) is 26.7. The molecule has 0 unspecified atom stereocenters. The van der Waals surface area contributed by atoms with Gasteiger partial charge >= 0.3 is 0 Å². The van der Waals surface area contributed by atoms with Crippen LogP contribution in [-0.4, -0.2) is 22.3 Å². The van der Waals surface area contributed by atoms with Crippen LogP contribution in [0.5, 0.6) is 0 Å². The highest BCUT2D eigenvalue weighted by Crippen LogP contribution is 2.25. The molecule has 0 aliphatic rings. The first-order valence-corrected chi connectivity index (χ1v) is 12.4. The molecule has 0 radical (unpaired) electrons. The molecule has 4 rings (SSSR count). The number of nitrogens with zero attached hydrogens (tertiary/aromatic N) is 1. The van der Waals surface area contributed by atoms with E-state index in [9.17, 15) is 14.4 Å². The van der Waals surface area contributed by atoms with Gasteiger partial charge in [-0.2, -0.15) is 0 Å². The van der Waals surface area contributed by atoms with Crippen LogP contribution < -0.4 is 16.0 Å². The molecule has 0 aliphatic carbocycles. The van der Waals surface area contributed by atoms with Crippen molar-refractivity contribution < 1.29 is 14.4 Å². The second-order valence-corrected chi connectivity index (χ2v) is 9.81. The number of rotatable bonds is 7. The fourth-order valence-electron chi connectivity index (χ4n) is 3.85. The van der Waals surface area contributed by atoms with E-state index >= 15 is 0 Å². The van der Waals surface area contributed by atoms with Crippen molar-refractivity contribution in [1.82, 2.24) is 9.88 Å². The zero-order valence-electron chi connectivity index (χ0n) is 20.6. The number of carbonyl (C=O) groups excluding carboxylic acids is 3. The third kappa shape index (κ3) is 6.13. The zero-order valence-corrected chi connectivity index (χ0v) is 22.1. The van der Waals surface area contributed by atoms with Crippen molar-refractivity contribution in [2.24, 2.45) is 13.0 Å². The molecule has 0 saturated carbocycles. The average Bonchev–Trinajstić information content (AvgIpc) is 3.19. The van der Waals surface area contributed by atoms with E-state index in [-0.39, 0.29) is 23.6 Å². The molecule has 3 amide bonds. The van der Waals surface area contributed by atoms with Gasteiger partial charge in [-0.3, -0.25) is 14.4 Å². The van der Waals surface area contributed by atoms with Crippen LogP contribution >= 0.6 is 23.2 Å². The van der Waals surface area contributed by atoms with Crippen LogP contribution in [0, 0.1) is 5.92 Å². The van der Waals surface area contributed by atoms with Crippen LogP contribution in [0.3, 0.4) is 0 Å². The van der Waals surface area contributed by atoms with E-state index in [1.54, 1.807) is 72.3 Å². The maximum Gasteiger partial charge on any atom is 0.272 e. The Kier molecular flexibility index (Phi) is 7.86. The predicted molar refractivity (Wildman–Crippen MR) is 148 cm³/mol. The van der Waals surface area contributed by atoms with Crippen LogP contribution in [0.4, 0.5) is 11.4 Å². The number of hydrogen-bond acceptors (Lipinski definition) is 3. The van der Waals surface area contributed by atoms with Gasteiger partial charge in [-0.1, -0.05) is 49.2 Å². The van der Waals surface area contributed by atoms with Gasteiger partial charge in [-0.25, -0.2) is 0 Å². The molecule has 1 heterocycles. The highest BCUT2D eigenvalue weighted by atomic mass is 35.5. The maximum atomic E-state index is 13.0. The van der Waals surface area contributed by atoms with Crippen LogP contribution in [0.15, 0.2) is 66.7 Å². The SMILES string of the molecule is CC(C)C(=O)NCc1ccc(Cl)c(C(=O)Nc2ccc3c(c2)cc(C(=O)Nc2cccc(Cl)c2)n3C)c1. The lowest BCUT2D eigenvalue weighted by Gasteiger charge is -2.11. The summed E-state index contributed by atoms with van der Waals surface area (Å²) < 4.78 is 1.78. The lowest BCUT2D eigenvalue weighted by molar-refractivity contribution is -0.124. The summed E-state index contributed by atoms with van der Waals surface area (Å²) in [7, 11) is 1.80. The molecule has 0 spiro atoms. The summed E-state index contributed by atoms with van der Waals surface area (Å²) in [4.78, 5) is 37.8. The van der Waals surface area contributed by atoms with Crippen LogP contribution in [0.25, 0.3) is 10.9 Å². The van der Waals surface area contributed by atoms with Crippen molar-refractivity contribution in [2.45, 2.75) is 20.4 Å². The Morgan fingerprint density at radius 3 is 2.32 bits per heavy atom.